The number of hydrogen-bond acceptors (Lipinski definition) is 4. The van der Waals surface area contributed by atoms with Crippen LogP contribution in [-0.4, -0.2) is 20.8 Å². The van der Waals surface area contributed by atoms with Crippen LogP contribution in [0.5, 0.6) is 0 Å². The number of thiophene rings is 1. The molecule has 1 saturated carbocycles. The first-order valence-electron chi connectivity index (χ1n) is 5.81. The third kappa shape index (κ3) is 1.61. The number of aliphatic hydroxyl groups excluding tert-OH is 1. The van der Waals surface area contributed by atoms with Crippen LogP contribution in [0.4, 0.5) is 0 Å². The summed E-state index contributed by atoms with van der Waals surface area (Å²) in [6.07, 6.45) is 3.79. The molecule has 3 rings (SSSR count). The van der Waals surface area contributed by atoms with Gasteiger partial charge in [-0.3, -0.25) is 9.36 Å². The van der Waals surface area contributed by atoms with Crippen molar-refractivity contribution < 1.29 is 5.11 Å². The SMILES string of the molecule is Cc1csc2c(=O)n([C@H]3CCC[C@@H]3O)cnc12. The molecule has 1 fully saturated rings. The van der Waals surface area contributed by atoms with Crippen LogP contribution in [-0.2, 0) is 0 Å². The predicted molar refractivity (Wildman–Crippen MR) is 67.5 cm³/mol. The highest BCUT2D eigenvalue weighted by Gasteiger charge is 2.28. The first kappa shape index (κ1) is 10.9. The zero-order valence-corrected chi connectivity index (χ0v) is 10.4. The Balaban J connectivity index is 2.18. The number of fused-ring (bicyclic) bond motifs is 1. The Kier molecular flexibility index (Phi) is 2.52. The fourth-order valence-electron chi connectivity index (χ4n) is 2.52. The van der Waals surface area contributed by atoms with Crippen LogP contribution in [0, 0.1) is 6.92 Å². The molecule has 1 N–H and O–H groups in total. The van der Waals surface area contributed by atoms with Crippen molar-refractivity contribution in [3.63, 3.8) is 0 Å². The van der Waals surface area contributed by atoms with Crippen LogP contribution in [0.3, 0.4) is 0 Å². The van der Waals surface area contributed by atoms with Crippen molar-refractivity contribution in [3.05, 3.63) is 27.6 Å². The second kappa shape index (κ2) is 3.92. The van der Waals surface area contributed by atoms with Gasteiger partial charge in [0, 0.05) is 0 Å². The predicted octanol–water partition coefficient (Wildman–Crippen LogP) is 1.85. The molecule has 0 bridgehead atoms. The molecule has 5 heteroatoms. The first-order valence-corrected chi connectivity index (χ1v) is 6.69. The van der Waals surface area contributed by atoms with Crippen LogP contribution in [0.15, 0.2) is 16.5 Å². The van der Waals surface area contributed by atoms with Gasteiger partial charge in [-0.25, -0.2) is 4.98 Å². The molecule has 0 aliphatic heterocycles. The highest BCUT2D eigenvalue weighted by Crippen LogP contribution is 2.29. The number of aromatic nitrogens is 2. The van der Waals surface area contributed by atoms with E-state index >= 15 is 0 Å². The van der Waals surface area contributed by atoms with Gasteiger partial charge in [-0.2, -0.15) is 0 Å². The van der Waals surface area contributed by atoms with Gasteiger partial charge >= 0.3 is 0 Å². The summed E-state index contributed by atoms with van der Waals surface area (Å²) in [5, 5.41) is 11.8. The van der Waals surface area contributed by atoms with Gasteiger partial charge in [-0.1, -0.05) is 0 Å². The summed E-state index contributed by atoms with van der Waals surface area (Å²) in [5.74, 6) is 0. The van der Waals surface area contributed by atoms with Gasteiger partial charge < -0.3 is 5.11 Å². The minimum atomic E-state index is -0.409. The lowest BCUT2D eigenvalue weighted by atomic mass is 10.2. The van der Waals surface area contributed by atoms with E-state index in [1.807, 2.05) is 12.3 Å². The van der Waals surface area contributed by atoms with E-state index in [-0.39, 0.29) is 11.6 Å². The average Bonchev–Trinajstić information content (AvgIpc) is 2.88. The van der Waals surface area contributed by atoms with Crippen molar-refractivity contribution in [2.45, 2.75) is 38.3 Å². The zero-order chi connectivity index (χ0) is 12.0. The van der Waals surface area contributed by atoms with Gasteiger partial charge in [0.15, 0.2) is 0 Å². The molecular formula is C12H14N2O2S. The molecular weight excluding hydrogens is 236 g/mol. The van der Waals surface area contributed by atoms with E-state index in [9.17, 15) is 9.90 Å². The number of hydrogen-bond donors (Lipinski definition) is 1. The summed E-state index contributed by atoms with van der Waals surface area (Å²) in [6.45, 7) is 1.96. The van der Waals surface area contributed by atoms with Crippen LogP contribution in [0.25, 0.3) is 10.2 Å². The van der Waals surface area contributed by atoms with Crippen molar-refractivity contribution >= 4 is 21.6 Å². The van der Waals surface area contributed by atoms with Crippen molar-refractivity contribution in [1.82, 2.24) is 9.55 Å². The van der Waals surface area contributed by atoms with E-state index in [4.69, 9.17) is 0 Å². The van der Waals surface area contributed by atoms with E-state index in [0.717, 1.165) is 30.3 Å². The summed E-state index contributed by atoms with van der Waals surface area (Å²) in [4.78, 5) is 16.6. The molecule has 2 aromatic heterocycles. The van der Waals surface area contributed by atoms with Gasteiger partial charge in [0.1, 0.15) is 4.70 Å². The van der Waals surface area contributed by atoms with E-state index in [2.05, 4.69) is 4.98 Å². The third-order valence-corrected chi connectivity index (χ3v) is 4.56. The Morgan fingerprint density at radius 3 is 3.06 bits per heavy atom. The molecule has 0 spiro atoms. The summed E-state index contributed by atoms with van der Waals surface area (Å²) < 4.78 is 2.31. The average molecular weight is 250 g/mol. The number of rotatable bonds is 1. The molecule has 4 nitrogen and oxygen atoms in total. The molecule has 17 heavy (non-hydrogen) atoms. The topological polar surface area (TPSA) is 55.1 Å². The standard InChI is InChI=1S/C12H14N2O2S/c1-7-5-17-11-10(7)13-6-14(12(11)16)8-3-2-4-9(8)15/h5-6,8-9,15H,2-4H2,1H3/t8-,9-/m0/s1. The second-order valence-electron chi connectivity index (χ2n) is 4.62. The summed E-state index contributed by atoms with van der Waals surface area (Å²) in [5.41, 5.74) is 1.82. The van der Waals surface area contributed by atoms with E-state index in [1.54, 1.807) is 10.9 Å². The molecule has 1 aliphatic carbocycles. The number of aliphatic hydroxyl groups is 1. The number of nitrogens with zero attached hydrogens (tertiary/aromatic N) is 2. The van der Waals surface area contributed by atoms with Crippen molar-refractivity contribution in [3.8, 4) is 0 Å². The summed E-state index contributed by atoms with van der Waals surface area (Å²) >= 11 is 1.44. The fraction of sp³-hybridized carbons (Fsp3) is 0.500. The van der Waals surface area contributed by atoms with Crippen molar-refractivity contribution in [2.24, 2.45) is 0 Å². The van der Waals surface area contributed by atoms with Crippen LogP contribution in [0.2, 0.25) is 0 Å². The van der Waals surface area contributed by atoms with Gasteiger partial charge in [-0.05, 0) is 37.1 Å². The fourth-order valence-corrected chi connectivity index (χ4v) is 3.46. The molecule has 1 aliphatic rings. The van der Waals surface area contributed by atoms with Crippen LogP contribution >= 0.6 is 11.3 Å². The third-order valence-electron chi connectivity index (χ3n) is 3.48. The molecule has 90 valence electrons. The highest BCUT2D eigenvalue weighted by molar-refractivity contribution is 7.17. The van der Waals surface area contributed by atoms with Crippen LogP contribution in [0.1, 0.15) is 30.9 Å². The molecule has 0 amide bonds. The Labute approximate surface area is 103 Å². The lowest BCUT2D eigenvalue weighted by Gasteiger charge is -2.16. The van der Waals surface area contributed by atoms with Gasteiger partial charge in [-0.15, -0.1) is 11.3 Å². The first-order chi connectivity index (χ1) is 8.18. The molecule has 0 saturated heterocycles. The molecule has 0 radical (unpaired) electrons. The molecule has 2 aromatic rings. The van der Waals surface area contributed by atoms with Crippen molar-refractivity contribution in [2.75, 3.05) is 0 Å². The second-order valence-corrected chi connectivity index (χ2v) is 5.50. The van der Waals surface area contributed by atoms with E-state index < -0.39 is 6.10 Å². The van der Waals surface area contributed by atoms with E-state index in [0.29, 0.717) is 4.70 Å². The normalized spacial score (nSPS) is 24.6. The van der Waals surface area contributed by atoms with Crippen LogP contribution < -0.4 is 5.56 Å². The number of aryl methyl sites for hydroxylation is 1. The maximum absolute atomic E-state index is 12.3. The maximum Gasteiger partial charge on any atom is 0.271 e. The highest BCUT2D eigenvalue weighted by atomic mass is 32.1. The quantitative estimate of drug-likeness (QED) is 0.840. The van der Waals surface area contributed by atoms with E-state index in [1.165, 1.54) is 11.3 Å². The molecule has 2 heterocycles. The van der Waals surface area contributed by atoms with Gasteiger partial charge in [0.25, 0.3) is 5.56 Å². The minimum Gasteiger partial charge on any atom is -0.391 e. The Hall–Kier alpha value is -1.20. The molecule has 0 aromatic carbocycles. The Bertz CT molecular complexity index is 616. The Morgan fingerprint density at radius 2 is 2.35 bits per heavy atom. The maximum atomic E-state index is 12.3. The van der Waals surface area contributed by atoms with Crippen molar-refractivity contribution in [1.29, 1.82) is 0 Å². The largest absolute Gasteiger partial charge is 0.391 e. The minimum absolute atomic E-state index is 0.0148. The monoisotopic (exact) mass is 250 g/mol. The lowest BCUT2D eigenvalue weighted by Crippen LogP contribution is -2.29. The zero-order valence-electron chi connectivity index (χ0n) is 9.59. The van der Waals surface area contributed by atoms with Gasteiger partial charge in [0.2, 0.25) is 0 Å². The molecule has 2 atom stereocenters. The Morgan fingerprint density at radius 1 is 1.53 bits per heavy atom. The molecule has 0 unspecified atom stereocenters. The lowest BCUT2D eigenvalue weighted by molar-refractivity contribution is 0.134. The summed E-state index contributed by atoms with van der Waals surface area (Å²) in [6, 6.07) is -0.0955. The smallest absolute Gasteiger partial charge is 0.271 e. The van der Waals surface area contributed by atoms with Gasteiger partial charge in [0.05, 0.1) is 24.0 Å². The summed E-state index contributed by atoms with van der Waals surface area (Å²) in [7, 11) is 0.